The molecule has 0 radical (unpaired) electrons. The number of aromatic nitrogens is 1. The molecule has 0 unspecified atom stereocenters. The van der Waals surface area contributed by atoms with Gasteiger partial charge in [-0.15, -0.1) is 6.58 Å². The first kappa shape index (κ1) is 20.0. The summed E-state index contributed by atoms with van der Waals surface area (Å²) in [7, 11) is 0. The highest BCUT2D eigenvalue weighted by Gasteiger charge is 2.11. The van der Waals surface area contributed by atoms with E-state index in [1.807, 2.05) is 0 Å². The topological polar surface area (TPSA) is 77.5 Å². The normalized spacial score (nSPS) is 12.0. The first-order chi connectivity index (χ1) is 13.4. The van der Waals surface area contributed by atoms with E-state index in [2.05, 4.69) is 11.6 Å². The van der Waals surface area contributed by atoms with Crippen LogP contribution in [-0.4, -0.2) is 15.4 Å². The van der Waals surface area contributed by atoms with Gasteiger partial charge < -0.3 is 4.57 Å². The molecular formula is C19H13Cl2N3O3S. The largest absolute Gasteiger partial charge is 0.311 e. The lowest BCUT2D eigenvalue weighted by atomic mass is 10.2. The Balaban J connectivity index is 1.99. The average Bonchev–Trinajstić information content (AvgIpc) is 2.97. The van der Waals surface area contributed by atoms with E-state index in [1.54, 1.807) is 34.9 Å². The number of halogens is 2. The minimum absolute atomic E-state index is 0.0496. The lowest BCUT2D eigenvalue weighted by Crippen LogP contribution is -2.15. The quantitative estimate of drug-likeness (QED) is 0.238. The third kappa shape index (κ3) is 4.39. The van der Waals surface area contributed by atoms with Gasteiger partial charge in [-0.05, 0) is 23.8 Å². The molecule has 0 bridgehead atoms. The van der Waals surface area contributed by atoms with E-state index < -0.39 is 10.8 Å². The van der Waals surface area contributed by atoms with Gasteiger partial charge in [0.2, 0.25) is 0 Å². The van der Waals surface area contributed by atoms with Crippen LogP contribution in [0.25, 0.3) is 16.3 Å². The molecule has 0 saturated heterocycles. The third-order valence-electron chi connectivity index (χ3n) is 3.71. The molecule has 3 rings (SSSR count). The van der Waals surface area contributed by atoms with Crippen molar-refractivity contribution in [2.75, 3.05) is 0 Å². The van der Waals surface area contributed by atoms with E-state index >= 15 is 0 Å². The van der Waals surface area contributed by atoms with Gasteiger partial charge in [0.25, 0.3) is 11.6 Å². The molecule has 3 aromatic rings. The van der Waals surface area contributed by atoms with Crippen LogP contribution in [0, 0.1) is 10.1 Å². The molecule has 1 amide bonds. The minimum Gasteiger partial charge on any atom is -0.311 e. The number of carbonyl (C=O) groups excluding carboxylic acids is 1. The zero-order chi connectivity index (χ0) is 20.3. The highest BCUT2D eigenvalue weighted by molar-refractivity contribution is 7.16. The Morgan fingerprint density at radius 3 is 2.82 bits per heavy atom. The van der Waals surface area contributed by atoms with Crippen molar-refractivity contribution >= 4 is 62.4 Å². The van der Waals surface area contributed by atoms with Crippen molar-refractivity contribution in [1.82, 2.24) is 4.57 Å². The Morgan fingerprint density at radius 2 is 2.11 bits per heavy atom. The van der Waals surface area contributed by atoms with Gasteiger partial charge in [0.05, 0.1) is 20.2 Å². The van der Waals surface area contributed by atoms with Crippen LogP contribution in [0.4, 0.5) is 5.69 Å². The number of benzene rings is 2. The summed E-state index contributed by atoms with van der Waals surface area (Å²) < 4.78 is 2.58. The summed E-state index contributed by atoms with van der Waals surface area (Å²) in [5.74, 6) is -0.502. The Kier molecular flexibility index (Phi) is 6.08. The van der Waals surface area contributed by atoms with Gasteiger partial charge in [0.15, 0.2) is 4.80 Å². The Labute approximate surface area is 173 Å². The van der Waals surface area contributed by atoms with Crippen molar-refractivity contribution in [2.24, 2.45) is 4.99 Å². The number of hydrogen-bond acceptors (Lipinski definition) is 4. The van der Waals surface area contributed by atoms with Crippen LogP contribution in [0.15, 0.2) is 60.1 Å². The van der Waals surface area contributed by atoms with Gasteiger partial charge in [0, 0.05) is 29.8 Å². The Morgan fingerprint density at radius 1 is 1.32 bits per heavy atom. The molecule has 0 aliphatic rings. The molecule has 1 aromatic heterocycles. The molecule has 0 aliphatic carbocycles. The predicted molar refractivity (Wildman–Crippen MR) is 113 cm³/mol. The fourth-order valence-corrected chi connectivity index (χ4v) is 4.38. The number of allylic oxidation sites excluding steroid dienone is 1. The molecule has 142 valence electrons. The average molecular weight is 434 g/mol. The lowest BCUT2D eigenvalue weighted by Gasteiger charge is -2.03. The molecule has 2 aromatic carbocycles. The summed E-state index contributed by atoms with van der Waals surface area (Å²) in [6, 6.07) is 9.36. The number of thiazole rings is 1. The fourth-order valence-electron chi connectivity index (χ4n) is 2.55. The van der Waals surface area contributed by atoms with Crippen LogP contribution < -0.4 is 4.80 Å². The monoisotopic (exact) mass is 433 g/mol. The fraction of sp³-hybridized carbons (Fsp3) is 0.0526. The number of hydrogen-bond donors (Lipinski definition) is 0. The van der Waals surface area contributed by atoms with E-state index in [0.717, 1.165) is 10.2 Å². The van der Waals surface area contributed by atoms with Gasteiger partial charge in [-0.25, -0.2) is 0 Å². The summed E-state index contributed by atoms with van der Waals surface area (Å²) in [5, 5.41) is 11.8. The van der Waals surface area contributed by atoms with Crippen molar-refractivity contribution in [3.63, 3.8) is 0 Å². The first-order valence-corrected chi connectivity index (χ1v) is 9.57. The van der Waals surface area contributed by atoms with E-state index in [-0.39, 0.29) is 5.69 Å². The number of amides is 1. The second-order valence-electron chi connectivity index (χ2n) is 5.65. The number of non-ortho nitro benzene ring substituents is 1. The van der Waals surface area contributed by atoms with Crippen LogP contribution in [0.3, 0.4) is 0 Å². The summed E-state index contributed by atoms with van der Waals surface area (Å²) >= 11 is 13.6. The SMILES string of the molecule is C=CCn1c(=NC(=O)/C=C/c2cccc([N+](=O)[O-])c2)sc2cc(Cl)cc(Cl)c21. The smallest absolute Gasteiger partial charge is 0.272 e. The molecular weight excluding hydrogens is 421 g/mol. The number of nitro groups is 1. The molecule has 9 heteroatoms. The number of nitrogens with zero attached hydrogens (tertiary/aromatic N) is 3. The molecule has 0 spiro atoms. The zero-order valence-corrected chi connectivity index (χ0v) is 16.7. The van der Waals surface area contributed by atoms with E-state index in [1.165, 1.54) is 35.6 Å². The van der Waals surface area contributed by atoms with Crippen molar-refractivity contribution in [3.8, 4) is 0 Å². The summed E-state index contributed by atoms with van der Waals surface area (Å²) in [5.41, 5.74) is 1.21. The third-order valence-corrected chi connectivity index (χ3v) is 5.24. The molecule has 0 fully saturated rings. The molecule has 0 N–H and O–H groups in total. The van der Waals surface area contributed by atoms with Gasteiger partial charge in [0.1, 0.15) is 0 Å². The summed E-state index contributed by atoms with van der Waals surface area (Å²) in [6.45, 7) is 4.15. The van der Waals surface area contributed by atoms with E-state index in [0.29, 0.717) is 27.0 Å². The second kappa shape index (κ2) is 8.52. The Bertz CT molecular complexity index is 1190. The molecule has 0 atom stereocenters. The van der Waals surface area contributed by atoms with Crippen LogP contribution in [0.2, 0.25) is 10.0 Å². The van der Waals surface area contributed by atoms with Gasteiger partial charge in [-0.2, -0.15) is 4.99 Å². The molecule has 6 nitrogen and oxygen atoms in total. The van der Waals surface area contributed by atoms with Crippen LogP contribution in [0.1, 0.15) is 5.56 Å². The summed E-state index contributed by atoms with van der Waals surface area (Å²) in [4.78, 5) is 27.2. The number of fused-ring (bicyclic) bond motifs is 1. The van der Waals surface area contributed by atoms with Crippen LogP contribution in [-0.2, 0) is 11.3 Å². The van der Waals surface area contributed by atoms with Gasteiger partial charge >= 0.3 is 0 Å². The molecule has 28 heavy (non-hydrogen) atoms. The minimum atomic E-state index is -0.502. The second-order valence-corrected chi connectivity index (χ2v) is 7.51. The number of rotatable bonds is 5. The van der Waals surface area contributed by atoms with Crippen molar-refractivity contribution in [3.05, 3.63) is 85.7 Å². The highest BCUT2D eigenvalue weighted by Crippen LogP contribution is 2.29. The maximum absolute atomic E-state index is 12.3. The standard InChI is InChI=1S/C19H13Cl2N3O3S/c1-2-8-23-18-15(21)10-13(20)11-16(18)28-19(23)22-17(25)7-6-12-4-3-5-14(9-12)24(26)27/h2-7,9-11H,1,8H2/b7-6+,22-19?. The molecule has 1 heterocycles. The molecule has 0 aliphatic heterocycles. The maximum Gasteiger partial charge on any atom is 0.272 e. The van der Waals surface area contributed by atoms with E-state index in [9.17, 15) is 14.9 Å². The predicted octanol–water partition coefficient (Wildman–Crippen LogP) is 5.24. The van der Waals surface area contributed by atoms with Gasteiger partial charge in [-0.3, -0.25) is 14.9 Å². The summed E-state index contributed by atoms with van der Waals surface area (Å²) in [6.07, 6.45) is 4.42. The van der Waals surface area contributed by atoms with Crippen LogP contribution in [0.5, 0.6) is 0 Å². The van der Waals surface area contributed by atoms with Gasteiger partial charge in [-0.1, -0.05) is 52.7 Å². The number of nitro benzene ring substituents is 1. The zero-order valence-electron chi connectivity index (χ0n) is 14.3. The number of carbonyl (C=O) groups is 1. The maximum atomic E-state index is 12.3. The van der Waals surface area contributed by atoms with Crippen molar-refractivity contribution in [1.29, 1.82) is 0 Å². The molecule has 0 saturated carbocycles. The van der Waals surface area contributed by atoms with Crippen molar-refractivity contribution < 1.29 is 9.72 Å². The first-order valence-electron chi connectivity index (χ1n) is 7.99. The lowest BCUT2D eigenvalue weighted by molar-refractivity contribution is -0.384. The van der Waals surface area contributed by atoms with Crippen molar-refractivity contribution in [2.45, 2.75) is 6.54 Å². The van der Waals surface area contributed by atoms with E-state index in [4.69, 9.17) is 23.2 Å². The highest BCUT2D eigenvalue weighted by atomic mass is 35.5. The van der Waals surface area contributed by atoms with Crippen LogP contribution >= 0.6 is 34.5 Å². The Hall–Kier alpha value is -2.74.